The van der Waals surface area contributed by atoms with Crippen molar-refractivity contribution in [1.29, 1.82) is 0 Å². The summed E-state index contributed by atoms with van der Waals surface area (Å²) in [5, 5.41) is 2.07. The number of benzene rings is 2. The molecule has 0 aliphatic rings. The predicted molar refractivity (Wildman–Crippen MR) is 77.8 cm³/mol. The number of amides is 1. The van der Waals surface area contributed by atoms with E-state index < -0.39 is 42.5 Å². The number of hydrogen-bond donors (Lipinski definition) is 1. The molecule has 0 radical (unpaired) electrons. The van der Waals surface area contributed by atoms with Crippen molar-refractivity contribution in [3.8, 4) is 5.75 Å². The van der Waals surface area contributed by atoms with Crippen LogP contribution in [0.3, 0.4) is 0 Å². The van der Waals surface area contributed by atoms with Gasteiger partial charge in [-0.05, 0) is 24.3 Å². The molecule has 1 N–H and O–H groups in total. The van der Waals surface area contributed by atoms with Crippen LogP contribution in [0.1, 0.15) is 0 Å². The number of hydrogen-bond acceptors (Lipinski definition) is 4. The van der Waals surface area contributed by atoms with E-state index in [9.17, 15) is 22.8 Å². The zero-order valence-electron chi connectivity index (χ0n) is 12.2. The van der Waals surface area contributed by atoms with Crippen LogP contribution in [0, 0.1) is 17.5 Å². The minimum absolute atomic E-state index is 0.123. The zero-order chi connectivity index (χ0) is 17.5. The third kappa shape index (κ3) is 5.31. The Morgan fingerprint density at radius 1 is 0.958 bits per heavy atom. The molecule has 0 fully saturated rings. The molecule has 8 heteroatoms. The molecule has 24 heavy (non-hydrogen) atoms. The van der Waals surface area contributed by atoms with Crippen LogP contribution >= 0.6 is 0 Å². The van der Waals surface area contributed by atoms with Gasteiger partial charge in [-0.1, -0.05) is 6.07 Å². The minimum Gasteiger partial charge on any atom is -0.482 e. The van der Waals surface area contributed by atoms with E-state index in [1.807, 2.05) is 0 Å². The highest BCUT2D eigenvalue weighted by Crippen LogP contribution is 2.15. The summed E-state index contributed by atoms with van der Waals surface area (Å²) in [6, 6.07) is 7.67. The average molecular weight is 339 g/mol. The van der Waals surface area contributed by atoms with Crippen LogP contribution in [-0.4, -0.2) is 25.1 Å². The molecule has 0 atom stereocenters. The molecule has 1 amide bonds. The van der Waals surface area contributed by atoms with Crippen molar-refractivity contribution in [1.82, 2.24) is 0 Å². The first-order chi connectivity index (χ1) is 11.4. The summed E-state index contributed by atoms with van der Waals surface area (Å²) in [7, 11) is 0. The van der Waals surface area contributed by atoms with Gasteiger partial charge in [0.1, 0.15) is 23.2 Å². The third-order valence-electron chi connectivity index (χ3n) is 2.72. The summed E-state index contributed by atoms with van der Waals surface area (Å²) in [6.45, 7) is -1.24. The lowest BCUT2D eigenvalue weighted by Crippen LogP contribution is -2.24. The van der Waals surface area contributed by atoms with Crippen molar-refractivity contribution < 1.29 is 32.2 Å². The van der Waals surface area contributed by atoms with Crippen LogP contribution in [0.15, 0.2) is 42.5 Å². The van der Waals surface area contributed by atoms with Gasteiger partial charge in [-0.25, -0.2) is 18.0 Å². The number of halogens is 3. The molecule has 2 aromatic carbocycles. The Morgan fingerprint density at radius 3 is 2.46 bits per heavy atom. The van der Waals surface area contributed by atoms with Gasteiger partial charge < -0.3 is 14.8 Å². The van der Waals surface area contributed by atoms with Crippen molar-refractivity contribution in [3.05, 3.63) is 59.9 Å². The maximum absolute atomic E-state index is 13.3. The van der Waals surface area contributed by atoms with E-state index in [1.165, 1.54) is 18.2 Å². The standard InChI is InChI=1S/C16H12F3NO4/c17-10-2-1-3-12(6-10)23-9-16(22)24-8-15(21)20-14-7-11(18)4-5-13(14)19/h1-7H,8-9H2,(H,20,21). The van der Waals surface area contributed by atoms with E-state index in [0.29, 0.717) is 0 Å². The molecule has 0 aromatic heterocycles. The van der Waals surface area contributed by atoms with E-state index in [1.54, 1.807) is 0 Å². The number of esters is 1. The van der Waals surface area contributed by atoms with Crippen molar-refractivity contribution in [3.63, 3.8) is 0 Å². The van der Waals surface area contributed by atoms with E-state index in [4.69, 9.17) is 4.74 Å². The van der Waals surface area contributed by atoms with Crippen LogP contribution in [0.5, 0.6) is 5.75 Å². The zero-order valence-corrected chi connectivity index (χ0v) is 12.2. The minimum atomic E-state index is -0.880. The van der Waals surface area contributed by atoms with Crippen LogP contribution in [0.2, 0.25) is 0 Å². The first-order valence-electron chi connectivity index (χ1n) is 6.73. The molecule has 0 saturated carbocycles. The molecule has 0 saturated heterocycles. The van der Waals surface area contributed by atoms with E-state index in [-0.39, 0.29) is 11.4 Å². The number of carbonyl (C=O) groups is 2. The maximum atomic E-state index is 13.3. The Morgan fingerprint density at radius 2 is 1.71 bits per heavy atom. The molecular weight excluding hydrogens is 327 g/mol. The van der Waals surface area contributed by atoms with Crippen molar-refractivity contribution in [2.45, 2.75) is 0 Å². The average Bonchev–Trinajstić information content (AvgIpc) is 2.54. The van der Waals surface area contributed by atoms with Gasteiger partial charge >= 0.3 is 5.97 Å². The lowest BCUT2D eigenvalue weighted by Gasteiger charge is -2.08. The Bertz CT molecular complexity index is 752. The number of ether oxygens (including phenoxy) is 2. The summed E-state index contributed by atoms with van der Waals surface area (Å²) in [6.07, 6.45) is 0. The molecule has 5 nitrogen and oxygen atoms in total. The van der Waals surface area contributed by atoms with Crippen molar-refractivity contribution >= 4 is 17.6 Å². The van der Waals surface area contributed by atoms with Crippen LogP contribution < -0.4 is 10.1 Å². The molecular formula is C16H12F3NO4. The number of nitrogens with one attached hydrogen (secondary N) is 1. The van der Waals surface area contributed by atoms with Crippen LogP contribution in [0.4, 0.5) is 18.9 Å². The SMILES string of the molecule is O=C(COC(=O)COc1cccc(F)c1)Nc1cc(F)ccc1F. The van der Waals surface area contributed by atoms with Gasteiger partial charge in [-0.3, -0.25) is 4.79 Å². The Balaban J connectivity index is 1.77. The molecule has 0 aliphatic carbocycles. The van der Waals surface area contributed by atoms with Gasteiger partial charge in [0.05, 0.1) is 5.69 Å². The normalized spacial score (nSPS) is 10.1. The molecule has 0 aliphatic heterocycles. The van der Waals surface area contributed by atoms with Gasteiger partial charge in [-0.2, -0.15) is 0 Å². The molecule has 2 aromatic rings. The summed E-state index contributed by atoms with van der Waals surface area (Å²) in [5.74, 6) is -3.69. The summed E-state index contributed by atoms with van der Waals surface area (Å²) >= 11 is 0. The fourth-order valence-electron chi connectivity index (χ4n) is 1.67. The molecule has 0 spiro atoms. The van der Waals surface area contributed by atoms with Crippen molar-refractivity contribution in [2.75, 3.05) is 18.5 Å². The lowest BCUT2D eigenvalue weighted by atomic mass is 10.3. The summed E-state index contributed by atoms with van der Waals surface area (Å²) < 4.78 is 48.8. The molecule has 0 unspecified atom stereocenters. The highest BCUT2D eigenvalue weighted by Gasteiger charge is 2.11. The fraction of sp³-hybridized carbons (Fsp3) is 0.125. The number of anilines is 1. The van der Waals surface area contributed by atoms with E-state index in [2.05, 4.69) is 10.1 Å². The molecule has 0 heterocycles. The van der Waals surface area contributed by atoms with Gasteiger partial charge in [-0.15, -0.1) is 0 Å². The van der Waals surface area contributed by atoms with E-state index in [0.717, 1.165) is 24.3 Å². The summed E-state index contributed by atoms with van der Waals surface area (Å²) in [5.41, 5.74) is -0.368. The lowest BCUT2D eigenvalue weighted by molar-refractivity contribution is -0.149. The third-order valence-corrected chi connectivity index (χ3v) is 2.72. The molecule has 126 valence electrons. The number of carbonyl (C=O) groups excluding carboxylic acids is 2. The van der Waals surface area contributed by atoms with Crippen molar-refractivity contribution in [2.24, 2.45) is 0 Å². The second-order valence-corrected chi connectivity index (χ2v) is 4.58. The van der Waals surface area contributed by atoms with E-state index >= 15 is 0 Å². The molecule has 0 bridgehead atoms. The van der Waals surface area contributed by atoms with Crippen LogP contribution in [-0.2, 0) is 14.3 Å². The first-order valence-corrected chi connectivity index (χ1v) is 6.73. The highest BCUT2D eigenvalue weighted by atomic mass is 19.1. The largest absolute Gasteiger partial charge is 0.482 e. The molecule has 2 rings (SSSR count). The van der Waals surface area contributed by atoms with Gasteiger partial charge in [0.25, 0.3) is 5.91 Å². The van der Waals surface area contributed by atoms with Crippen LogP contribution in [0.25, 0.3) is 0 Å². The smallest absolute Gasteiger partial charge is 0.344 e. The Kier molecular flexibility index (Phi) is 5.78. The summed E-state index contributed by atoms with van der Waals surface area (Å²) in [4.78, 5) is 23.0. The van der Waals surface area contributed by atoms with Gasteiger partial charge in [0.15, 0.2) is 13.2 Å². The predicted octanol–water partition coefficient (Wildman–Crippen LogP) is 2.66. The Hall–Kier alpha value is -3.03. The van der Waals surface area contributed by atoms with Gasteiger partial charge in [0, 0.05) is 12.1 Å². The highest BCUT2D eigenvalue weighted by molar-refractivity contribution is 5.92. The second kappa shape index (κ2) is 8.00. The first kappa shape index (κ1) is 17.3. The topological polar surface area (TPSA) is 64.6 Å². The quantitative estimate of drug-likeness (QED) is 0.822. The number of rotatable bonds is 6. The maximum Gasteiger partial charge on any atom is 0.344 e. The van der Waals surface area contributed by atoms with Gasteiger partial charge in [0.2, 0.25) is 0 Å². The second-order valence-electron chi connectivity index (χ2n) is 4.58. The Labute approximate surface area is 135 Å². The fourth-order valence-corrected chi connectivity index (χ4v) is 1.67. The monoisotopic (exact) mass is 339 g/mol.